The quantitative estimate of drug-likeness (QED) is 0.841. The average molecular weight is 399 g/mol. The molecular weight excluding hydrogens is 370 g/mol. The Balaban J connectivity index is 1.72. The SMILES string of the molecule is COc1ccc2c3c1O[C@H]1[C@@]4(OC)CC[C@@]5(C[C@@H]4C(C)=O)[C@@H](C2O)N(C)CC[C@]315. The summed E-state index contributed by atoms with van der Waals surface area (Å²) in [4.78, 5) is 15.2. The fourth-order valence-corrected chi connectivity index (χ4v) is 8.39. The molecule has 7 rings (SSSR count). The first kappa shape index (κ1) is 18.2. The van der Waals surface area contributed by atoms with Gasteiger partial charge >= 0.3 is 0 Å². The second-order valence-electron chi connectivity index (χ2n) is 9.83. The van der Waals surface area contributed by atoms with Crippen molar-refractivity contribution in [3.8, 4) is 11.5 Å². The summed E-state index contributed by atoms with van der Waals surface area (Å²) < 4.78 is 18.7. The van der Waals surface area contributed by atoms with Crippen LogP contribution in [0.5, 0.6) is 11.5 Å². The van der Waals surface area contributed by atoms with Crippen LogP contribution in [-0.2, 0) is 14.9 Å². The fourth-order valence-electron chi connectivity index (χ4n) is 8.39. The molecule has 4 aliphatic carbocycles. The topological polar surface area (TPSA) is 68.2 Å². The Morgan fingerprint density at radius 3 is 2.76 bits per heavy atom. The number of ether oxygens (including phenoxy) is 3. The molecule has 6 nitrogen and oxygen atoms in total. The van der Waals surface area contributed by atoms with E-state index in [0.29, 0.717) is 5.75 Å². The van der Waals surface area contributed by atoms with Gasteiger partial charge in [-0.3, -0.25) is 9.69 Å². The molecule has 1 aromatic carbocycles. The lowest BCUT2D eigenvalue weighted by Crippen LogP contribution is -2.81. The van der Waals surface area contributed by atoms with E-state index in [1.165, 1.54) is 0 Å². The normalized spacial score (nSPS) is 46.2. The Kier molecular flexibility index (Phi) is 3.35. The lowest BCUT2D eigenvalue weighted by atomic mass is 9.34. The van der Waals surface area contributed by atoms with Crippen molar-refractivity contribution in [2.24, 2.45) is 11.3 Å². The van der Waals surface area contributed by atoms with Gasteiger partial charge in [0, 0.05) is 29.5 Å². The number of nitrogens with zero attached hydrogens (tertiary/aromatic N) is 1. The van der Waals surface area contributed by atoms with Gasteiger partial charge in [0.1, 0.15) is 17.5 Å². The first-order valence-corrected chi connectivity index (χ1v) is 10.7. The van der Waals surface area contributed by atoms with Crippen LogP contribution < -0.4 is 9.47 Å². The zero-order valence-corrected chi connectivity index (χ0v) is 17.5. The number of piperidine rings is 1. The summed E-state index contributed by atoms with van der Waals surface area (Å²) in [6.45, 7) is 2.58. The van der Waals surface area contributed by atoms with E-state index in [-0.39, 0.29) is 34.7 Å². The zero-order valence-electron chi connectivity index (χ0n) is 17.5. The summed E-state index contributed by atoms with van der Waals surface area (Å²) in [5.74, 6) is 1.40. The first-order chi connectivity index (χ1) is 13.9. The van der Waals surface area contributed by atoms with Crippen molar-refractivity contribution in [1.82, 2.24) is 4.90 Å². The molecule has 0 radical (unpaired) electrons. The van der Waals surface area contributed by atoms with Crippen molar-refractivity contribution >= 4 is 5.78 Å². The van der Waals surface area contributed by atoms with Crippen molar-refractivity contribution in [2.75, 3.05) is 27.8 Å². The monoisotopic (exact) mass is 399 g/mol. The van der Waals surface area contributed by atoms with E-state index >= 15 is 0 Å². The summed E-state index contributed by atoms with van der Waals surface area (Å²) >= 11 is 0. The minimum absolute atomic E-state index is 0.0220. The second-order valence-corrected chi connectivity index (χ2v) is 9.83. The van der Waals surface area contributed by atoms with E-state index < -0.39 is 11.7 Å². The summed E-state index contributed by atoms with van der Waals surface area (Å²) in [6, 6.07) is 3.90. The van der Waals surface area contributed by atoms with Gasteiger partial charge in [-0.25, -0.2) is 0 Å². The highest BCUT2D eigenvalue weighted by atomic mass is 16.6. The van der Waals surface area contributed by atoms with Gasteiger partial charge in [0.2, 0.25) is 0 Å². The Labute approximate surface area is 171 Å². The minimum Gasteiger partial charge on any atom is -0.493 e. The predicted octanol–water partition coefficient (Wildman–Crippen LogP) is 2.22. The number of hydrogen-bond donors (Lipinski definition) is 1. The molecule has 4 fully saturated rings. The second kappa shape index (κ2) is 5.34. The van der Waals surface area contributed by atoms with Crippen molar-refractivity contribution in [3.63, 3.8) is 0 Å². The third kappa shape index (κ3) is 1.65. The summed E-state index contributed by atoms with van der Waals surface area (Å²) in [6.07, 6.45) is 2.58. The first-order valence-electron chi connectivity index (χ1n) is 10.7. The highest BCUT2D eigenvalue weighted by Gasteiger charge is 2.82. The van der Waals surface area contributed by atoms with Gasteiger partial charge in [-0.15, -0.1) is 0 Å². The van der Waals surface area contributed by atoms with Crippen LogP contribution in [0.25, 0.3) is 0 Å². The smallest absolute Gasteiger partial charge is 0.166 e. The molecule has 1 aromatic rings. The molecule has 0 aromatic heterocycles. The molecule has 0 amide bonds. The lowest BCUT2D eigenvalue weighted by Gasteiger charge is -2.73. The summed E-state index contributed by atoms with van der Waals surface area (Å²) in [5.41, 5.74) is 1.01. The fraction of sp³-hybridized carbons (Fsp3) is 0.696. The van der Waals surface area contributed by atoms with Crippen LogP contribution in [0.1, 0.15) is 49.8 Å². The maximum atomic E-state index is 12.9. The Morgan fingerprint density at radius 2 is 2.07 bits per heavy atom. The van der Waals surface area contributed by atoms with Crippen LogP contribution >= 0.6 is 0 Å². The molecule has 1 unspecified atom stereocenters. The molecule has 7 atom stereocenters. The number of benzene rings is 1. The number of Topliss-reactive ketones (excluding diaryl/α,β-unsaturated/α-hetero) is 1. The number of likely N-dealkylation sites (tertiary alicyclic amines) is 1. The third-order valence-electron chi connectivity index (χ3n) is 9.34. The van der Waals surface area contributed by atoms with Gasteiger partial charge in [-0.1, -0.05) is 6.07 Å². The highest BCUT2D eigenvalue weighted by Crippen LogP contribution is 2.77. The van der Waals surface area contributed by atoms with Crippen LogP contribution in [-0.4, -0.2) is 61.3 Å². The number of carbonyl (C=O) groups excluding carboxylic acids is 1. The molecule has 1 saturated heterocycles. The molecule has 3 saturated carbocycles. The van der Waals surface area contributed by atoms with Gasteiger partial charge in [0.25, 0.3) is 0 Å². The number of carbonyl (C=O) groups is 1. The Hall–Kier alpha value is -1.63. The van der Waals surface area contributed by atoms with Gasteiger partial charge < -0.3 is 19.3 Å². The number of ketones is 1. The molecule has 1 N–H and O–H groups in total. The van der Waals surface area contributed by atoms with Gasteiger partial charge in [-0.2, -0.15) is 0 Å². The summed E-state index contributed by atoms with van der Waals surface area (Å²) in [7, 11) is 5.51. The number of likely N-dealkylation sites (N-methyl/N-ethyl adjacent to an activating group) is 1. The summed E-state index contributed by atoms with van der Waals surface area (Å²) in [5, 5.41) is 11.6. The van der Waals surface area contributed by atoms with E-state index in [2.05, 4.69) is 11.9 Å². The number of fused-ring (bicyclic) bond motifs is 2. The molecule has 156 valence electrons. The lowest BCUT2D eigenvalue weighted by molar-refractivity contribution is -0.280. The van der Waals surface area contributed by atoms with Crippen LogP contribution in [0.4, 0.5) is 0 Å². The molecule has 2 spiro atoms. The maximum Gasteiger partial charge on any atom is 0.166 e. The number of aliphatic hydroxyl groups excluding tert-OH is 1. The Bertz CT molecular complexity index is 932. The Morgan fingerprint density at radius 1 is 1.28 bits per heavy atom. The molecule has 29 heavy (non-hydrogen) atoms. The van der Waals surface area contributed by atoms with Crippen LogP contribution in [0.15, 0.2) is 12.1 Å². The predicted molar refractivity (Wildman–Crippen MR) is 105 cm³/mol. The number of methoxy groups -OCH3 is 2. The molecule has 2 aliphatic heterocycles. The molecule has 6 heteroatoms. The van der Waals surface area contributed by atoms with Crippen molar-refractivity contribution in [2.45, 2.75) is 61.9 Å². The van der Waals surface area contributed by atoms with Crippen LogP contribution in [0, 0.1) is 11.3 Å². The van der Waals surface area contributed by atoms with Crippen molar-refractivity contribution in [1.29, 1.82) is 0 Å². The molecule has 6 aliphatic rings. The molecular formula is C23H29NO5. The average Bonchev–Trinajstić information content (AvgIpc) is 3.09. The van der Waals surface area contributed by atoms with E-state index in [1.807, 2.05) is 12.1 Å². The number of aliphatic hydroxyl groups is 1. The highest BCUT2D eigenvalue weighted by molar-refractivity contribution is 5.81. The molecule has 4 bridgehead atoms. The van der Waals surface area contributed by atoms with Crippen molar-refractivity contribution in [3.05, 3.63) is 23.3 Å². The van der Waals surface area contributed by atoms with E-state index in [9.17, 15) is 9.90 Å². The van der Waals surface area contributed by atoms with Crippen LogP contribution in [0.3, 0.4) is 0 Å². The van der Waals surface area contributed by atoms with Gasteiger partial charge in [0.15, 0.2) is 11.5 Å². The molecule has 2 heterocycles. The van der Waals surface area contributed by atoms with Gasteiger partial charge in [-0.05, 0) is 57.8 Å². The maximum absolute atomic E-state index is 12.9. The largest absolute Gasteiger partial charge is 0.493 e. The van der Waals surface area contributed by atoms with Gasteiger partial charge in [0.05, 0.1) is 19.1 Å². The number of rotatable bonds is 3. The number of hydrogen-bond acceptors (Lipinski definition) is 6. The minimum atomic E-state index is -0.627. The third-order valence-corrected chi connectivity index (χ3v) is 9.34. The van der Waals surface area contributed by atoms with E-state index in [1.54, 1.807) is 21.1 Å². The van der Waals surface area contributed by atoms with Crippen LogP contribution in [0.2, 0.25) is 0 Å². The standard InChI is InChI=1S/C23H29NO5/c1-12(25)14-11-21-7-8-23(14,28-4)20-22(21)9-10-24(2)19(21)17(26)13-5-6-15(27-3)18(29-20)16(13)22/h5-6,14,17,19-20,26H,7-11H2,1-4H3/t14-,17?,19-,20-,21-,22+,23-/m1/s1. The van der Waals surface area contributed by atoms with Crippen molar-refractivity contribution < 1.29 is 24.1 Å². The van der Waals surface area contributed by atoms with E-state index in [0.717, 1.165) is 49.1 Å². The van der Waals surface area contributed by atoms with E-state index in [4.69, 9.17) is 14.2 Å². The zero-order chi connectivity index (χ0) is 20.3.